The second-order valence-corrected chi connectivity index (χ2v) is 3.54. The van der Waals surface area contributed by atoms with Crippen molar-refractivity contribution < 1.29 is 4.79 Å². The normalized spacial score (nSPS) is 19.8. The van der Waals surface area contributed by atoms with Crippen LogP contribution < -0.4 is 0 Å². The van der Waals surface area contributed by atoms with Crippen molar-refractivity contribution in [1.29, 1.82) is 5.26 Å². The lowest BCUT2D eigenvalue weighted by Gasteiger charge is -2.13. The first-order valence-electron chi connectivity index (χ1n) is 4.97. The van der Waals surface area contributed by atoms with Crippen LogP contribution in [0.5, 0.6) is 0 Å². The maximum absolute atomic E-state index is 11.9. The summed E-state index contributed by atoms with van der Waals surface area (Å²) >= 11 is 0. The highest BCUT2D eigenvalue weighted by molar-refractivity contribution is 5.82. The zero-order chi connectivity index (χ0) is 11.5. The van der Waals surface area contributed by atoms with E-state index >= 15 is 0 Å². The molecule has 1 fully saturated rings. The molecular formula is C10H11N5O. The van der Waals surface area contributed by atoms with Gasteiger partial charge in [0.25, 0.3) is 5.82 Å². The van der Waals surface area contributed by atoms with Gasteiger partial charge in [-0.05, 0) is 6.42 Å². The Labute approximate surface area is 92.8 Å². The summed E-state index contributed by atoms with van der Waals surface area (Å²) in [6.07, 6.45) is 3.82. The van der Waals surface area contributed by atoms with E-state index in [0.29, 0.717) is 19.5 Å². The molecule has 6 heteroatoms. The molecule has 0 aromatic carbocycles. The van der Waals surface area contributed by atoms with Crippen LogP contribution in [-0.2, 0) is 4.79 Å². The van der Waals surface area contributed by atoms with E-state index in [1.165, 1.54) is 11.0 Å². The number of aromatic nitrogens is 3. The molecule has 82 valence electrons. The molecule has 1 saturated heterocycles. The van der Waals surface area contributed by atoms with Gasteiger partial charge in [-0.25, -0.2) is 9.67 Å². The van der Waals surface area contributed by atoms with Gasteiger partial charge in [0.2, 0.25) is 5.91 Å². The molecule has 1 aromatic rings. The van der Waals surface area contributed by atoms with E-state index in [9.17, 15) is 4.79 Å². The number of hydrogen-bond acceptors (Lipinski definition) is 4. The van der Waals surface area contributed by atoms with E-state index in [2.05, 4.69) is 16.7 Å². The van der Waals surface area contributed by atoms with Crippen molar-refractivity contribution in [2.45, 2.75) is 12.5 Å². The van der Waals surface area contributed by atoms with Gasteiger partial charge in [0, 0.05) is 13.1 Å². The number of hydrogen-bond donors (Lipinski definition) is 0. The van der Waals surface area contributed by atoms with E-state index in [1.54, 1.807) is 11.0 Å². The summed E-state index contributed by atoms with van der Waals surface area (Å²) in [4.78, 5) is 17.4. The van der Waals surface area contributed by atoms with Crippen molar-refractivity contribution in [3.05, 3.63) is 24.8 Å². The van der Waals surface area contributed by atoms with Crippen molar-refractivity contribution in [3.63, 3.8) is 0 Å². The van der Waals surface area contributed by atoms with Crippen LogP contribution in [0, 0.1) is 11.3 Å². The minimum Gasteiger partial charge on any atom is -0.337 e. The second kappa shape index (κ2) is 4.14. The quantitative estimate of drug-likeness (QED) is 0.673. The van der Waals surface area contributed by atoms with Gasteiger partial charge in [0.15, 0.2) is 0 Å². The van der Waals surface area contributed by atoms with Crippen molar-refractivity contribution >= 4 is 5.91 Å². The molecule has 0 spiro atoms. The van der Waals surface area contributed by atoms with Crippen LogP contribution in [0.25, 0.3) is 0 Å². The number of nitrogens with zero attached hydrogens (tertiary/aromatic N) is 5. The summed E-state index contributed by atoms with van der Waals surface area (Å²) in [6.45, 7) is 4.84. The average molecular weight is 217 g/mol. The Balaban J connectivity index is 2.15. The Hall–Kier alpha value is -2.16. The molecule has 1 aromatic heterocycles. The van der Waals surface area contributed by atoms with Crippen molar-refractivity contribution in [1.82, 2.24) is 19.7 Å². The molecule has 1 atom stereocenters. The molecule has 0 bridgehead atoms. The van der Waals surface area contributed by atoms with Gasteiger partial charge in [-0.2, -0.15) is 5.26 Å². The van der Waals surface area contributed by atoms with E-state index in [4.69, 9.17) is 5.26 Å². The first-order chi connectivity index (χ1) is 7.76. The van der Waals surface area contributed by atoms with Crippen LogP contribution >= 0.6 is 0 Å². The molecule has 1 aliphatic rings. The van der Waals surface area contributed by atoms with Crippen LogP contribution in [-0.4, -0.2) is 38.7 Å². The average Bonchev–Trinajstić information content (AvgIpc) is 2.87. The third kappa shape index (κ3) is 1.67. The lowest BCUT2D eigenvalue weighted by atomic mass is 10.2. The fraction of sp³-hybridized carbons (Fsp3) is 0.400. The Morgan fingerprint density at radius 3 is 3.19 bits per heavy atom. The maximum atomic E-state index is 11.9. The van der Waals surface area contributed by atoms with Gasteiger partial charge in [-0.15, -0.1) is 11.7 Å². The van der Waals surface area contributed by atoms with E-state index in [-0.39, 0.29) is 17.8 Å². The van der Waals surface area contributed by atoms with E-state index < -0.39 is 0 Å². The summed E-state index contributed by atoms with van der Waals surface area (Å²) in [5.74, 6) is 0.101. The van der Waals surface area contributed by atoms with Gasteiger partial charge in [-0.1, -0.05) is 6.08 Å². The lowest BCUT2D eigenvalue weighted by molar-refractivity contribution is -0.130. The molecular weight excluding hydrogens is 206 g/mol. The van der Waals surface area contributed by atoms with Crippen molar-refractivity contribution in [3.8, 4) is 6.07 Å². The zero-order valence-electron chi connectivity index (χ0n) is 8.70. The summed E-state index contributed by atoms with van der Waals surface area (Å²) < 4.78 is 1.46. The SMILES string of the molecule is C=CCN1CCC(n2cnc(C#N)n2)C1=O. The fourth-order valence-corrected chi connectivity index (χ4v) is 1.78. The van der Waals surface area contributed by atoms with Crippen LogP contribution in [0.4, 0.5) is 0 Å². The highest BCUT2D eigenvalue weighted by Gasteiger charge is 2.32. The molecule has 1 aliphatic heterocycles. The van der Waals surface area contributed by atoms with Gasteiger partial charge >= 0.3 is 0 Å². The molecule has 16 heavy (non-hydrogen) atoms. The largest absolute Gasteiger partial charge is 0.337 e. The first kappa shape index (κ1) is 10.4. The second-order valence-electron chi connectivity index (χ2n) is 3.54. The van der Waals surface area contributed by atoms with Gasteiger partial charge < -0.3 is 4.90 Å². The van der Waals surface area contributed by atoms with Gasteiger partial charge in [0.05, 0.1) is 0 Å². The van der Waals surface area contributed by atoms with Crippen LogP contribution in [0.3, 0.4) is 0 Å². The smallest absolute Gasteiger partial charge is 0.252 e. The summed E-state index contributed by atoms with van der Waals surface area (Å²) in [6, 6.07) is 1.51. The molecule has 0 radical (unpaired) electrons. The molecule has 0 saturated carbocycles. The third-order valence-corrected chi connectivity index (χ3v) is 2.55. The number of rotatable bonds is 3. The number of likely N-dealkylation sites (tertiary alicyclic amines) is 1. The highest BCUT2D eigenvalue weighted by atomic mass is 16.2. The third-order valence-electron chi connectivity index (χ3n) is 2.55. The summed E-state index contributed by atoms with van der Waals surface area (Å²) in [5.41, 5.74) is 0. The van der Waals surface area contributed by atoms with Gasteiger partial charge in [0.1, 0.15) is 18.4 Å². The predicted octanol–water partition coefficient (Wildman–Crippen LogP) is 0.109. The highest BCUT2D eigenvalue weighted by Crippen LogP contribution is 2.21. The van der Waals surface area contributed by atoms with Crippen LogP contribution in [0.15, 0.2) is 19.0 Å². The number of nitriles is 1. The zero-order valence-corrected chi connectivity index (χ0v) is 8.70. The van der Waals surface area contributed by atoms with Crippen molar-refractivity contribution in [2.75, 3.05) is 13.1 Å². The summed E-state index contributed by atoms with van der Waals surface area (Å²) in [5, 5.41) is 12.5. The fourth-order valence-electron chi connectivity index (χ4n) is 1.78. The topological polar surface area (TPSA) is 74.8 Å². The minimum absolute atomic E-state index is 0.00860. The number of amides is 1. The van der Waals surface area contributed by atoms with Crippen molar-refractivity contribution in [2.24, 2.45) is 0 Å². The van der Waals surface area contributed by atoms with Gasteiger partial charge in [-0.3, -0.25) is 4.79 Å². The van der Waals surface area contributed by atoms with Crippen LogP contribution in [0.1, 0.15) is 18.3 Å². The van der Waals surface area contributed by atoms with E-state index in [0.717, 1.165) is 0 Å². The lowest BCUT2D eigenvalue weighted by Crippen LogP contribution is -2.28. The van der Waals surface area contributed by atoms with Crippen LogP contribution in [0.2, 0.25) is 0 Å². The summed E-state index contributed by atoms with van der Waals surface area (Å²) in [7, 11) is 0. The maximum Gasteiger partial charge on any atom is 0.252 e. The standard InChI is InChI=1S/C10H11N5O/c1-2-4-14-5-3-8(10(14)16)15-7-12-9(6-11)13-15/h2,7-8H,1,3-5H2. The molecule has 2 rings (SSSR count). The Morgan fingerprint density at radius 1 is 1.75 bits per heavy atom. The number of carbonyl (C=O) groups is 1. The molecule has 1 unspecified atom stereocenters. The molecule has 0 aliphatic carbocycles. The monoisotopic (exact) mass is 217 g/mol. The predicted molar refractivity (Wildman–Crippen MR) is 55.2 cm³/mol. The Bertz CT molecular complexity index is 458. The molecule has 0 N–H and O–H groups in total. The minimum atomic E-state index is -0.324. The first-order valence-corrected chi connectivity index (χ1v) is 4.97. The Morgan fingerprint density at radius 2 is 2.56 bits per heavy atom. The molecule has 1 amide bonds. The Kier molecular flexibility index (Phi) is 2.68. The van der Waals surface area contributed by atoms with E-state index in [1.807, 2.05) is 6.07 Å². The molecule has 6 nitrogen and oxygen atoms in total. The molecule has 2 heterocycles. The number of carbonyl (C=O) groups excluding carboxylic acids is 1.